The number of methoxy groups -OCH3 is 2. The Morgan fingerprint density at radius 2 is 1.41 bits per heavy atom. The van der Waals surface area contributed by atoms with Crippen LogP contribution < -0.4 is 0 Å². The molecule has 1 aromatic rings. The van der Waals surface area contributed by atoms with Crippen LogP contribution in [-0.2, 0) is 34.3 Å². The van der Waals surface area contributed by atoms with Gasteiger partial charge in [-0.05, 0) is 13.8 Å². The maximum atomic E-state index is 12.3. The zero-order chi connectivity index (χ0) is 16.6. The molecule has 0 spiro atoms. The molecule has 0 bridgehead atoms. The summed E-state index contributed by atoms with van der Waals surface area (Å²) in [5, 5.41) is 0. The van der Waals surface area contributed by atoms with Gasteiger partial charge in [0.25, 0.3) is 0 Å². The van der Waals surface area contributed by atoms with Crippen LogP contribution in [0, 0.1) is 5.92 Å². The molecule has 1 rings (SSSR count). The Bertz CT molecular complexity index is 463. The molecule has 0 atom stereocenters. The highest BCUT2D eigenvalue weighted by molar-refractivity contribution is 5.96. The second-order valence-corrected chi connectivity index (χ2v) is 4.38. The van der Waals surface area contributed by atoms with Gasteiger partial charge in [0.15, 0.2) is 0 Å². The molecule has 0 saturated heterocycles. The van der Waals surface area contributed by atoms with E-state index in [-0.39, 0.29) is 13.2 Å². The molecule has 0 aliphatic carbocycles. The molecule has 0 radical (unpaired) electrons. The average Bonchev–Trinajstić information content (AvgIpc) is 2.53. The minimum Gasteiger partial charge on any atom is -0.465 e. The number of hydrogen-bond donors (Lipinski definition) is 0. The number of carbonyl (C=O) groups is 2. The number of esters is 2. The van der Waals surface area contributed by atoms with E-state index in [1.165, 1.54) is 14.2 Å². The van der Waals surface area contributed by atoms with Gasteiger partial charge in [0.2, 0.25) is 11.7 Å². The smallest absolute Gasteiger partial charge is 0.326 e. The summed E-state index contributed by atoms with van der Waals surface area (Å²) in [6.45, 7) is 3.58. The third-order valence-electron chi connectivity index (χ3n) is 3.21. The number of carbonyl (C=O) groups excluding carboxylic acids is 2. The van der Waals surface area contributed by atoms with E-state index in [0.29, 0.717) is 5.56 Å². The van der Waals surface area contributed by atoms with Crippen LogP contribution in [0.5, 0.6) is 0 Å². The van der Waals surface area contributed by atoms with Gasteiger partial charge in [0.1, 0.15) is 0 Å². The number of rotatable bonds is 8. The highest BCUT2D eigenvalue weighted by atomic mass is 16.7. The summed E-state index contributed by atoms with van der Waals surface area (Å²) in [6.07, 6.45) is 0. The number of ether oxygens (including phenoxy) is 4. The standard InChI is InChI=1S/C16H22O6/c1-5-21-14(17)13(15(18)22-6-2)16(19-3,20-4)12-10-8-7-9-11-12/h7-11,13H,5-6H2,1-4H3. The average molecular weight is 310 g/mol. The maximum absolute atomic E-state index is 12.3. The first kappa shape index (κ1) is 18.1. The Morgan fingerprint density at radius 1 is 0.955 bits per heavy atom. The third kappa shape index (κ3) is 3.64. The van der Waals surface area contributed by atoms with Gasteiger partial charge in [0.05, 0.1) is 13.2 Å². The van der Waals surface area contributed by atoms with Crippen molar-refractivity contribution in [1.82, 2.24) is 0 Å². The predicted octanol–water partition coefficient (Wildman–Crippen LogP) is 1.87. The second kappa shape index (κ2) is 8.51. The second-order valence-electron chi connectivity index (χ2n) is 4.38. The van der Waals surface area contributed by atoms with Crippen molar-refractivity contribution in [3.05, 3.63) is 35.9 Å². The quantitative estimate of drug-likeness (QED) is 0.415. The van der Waals surface area contributed by atoms with Gasteiger partial charge in [-0.1, -0.05) is 30.3 Å². The van der Waals surface area contributed by atoms with E-state index in [1.54, 1.807) is 38.1 Å². The monoisotopic (exact) mass is 310 g/mol. The molecule has 0 aliphatic heterocycles. The van der Waals surface area contributed by atoms with Gasteiger partial charge in [-0.25, -0.2) is 0 Å². The maximum Gasteiger partial charge on any atom is 0.326 e. The lowest BCUT2D eigenvalue weighted by Gasteiger charge is -2.35. The summed E-state index contributed by atoms with van der Waals surface area (Å²) in [4.78, 5) is 24.6. The van der Waals surface area contributed by atoms with Crippen LogP contribution >= 0.6 is 0 Å². The first-order chi connectivity index (χ1) is 10.6. The van der Waals surface area contributed by atoms with Crippen LogP contribution in [0.25, 0.3) is 0 Å². The summed E-state index contributed by atoms with van der Waals surface area (Å²) >= 11 is 0. The van der Waals surface area contributed by atoms with E-state index in [1.807, 2.05) is 6.07 Å². The molecule has 0 aliphatic rings. The van der Waals surface area contributed by atoms with Gasteiger partial charge >= 0.3 is 11.9 Å². The van der Waals surface area contributed by atoms with Crippen molar-refractivity contribution >= 4 is 11.9 Å². The SMILES string of the molecule is CCOC(=O)C(C(=O)OCC)C(OC)(OC)c1ccccc1. The van der Waals surface area contributed by atoms with Crippen molar-refractivity contribution in [3.63, 3.8) is 0 Å². The fraction of sp³-hybridized carbons (Fsp3) is 0.500. The van der Waals surface area contributed by atoms with E-state index < -0.39 is 23.6 Å². The predicted molar refractivity (Wildman–Crippen MR) is 78.9 cm³/mol. The van der Waals surface area contributed by atoms with E-state index >= 15 is 0 Å². The van der Waals surface area contributed by atoms with E-state index in [2.05, 4.69) is 0 Å². The van der Waals surface area contributed by atoms with Gasteiger partial charge in [-0.2, -0.15) is 0 Å². The molecule has 0 unspecified atom stereocenters. The summed E-state index contributed by atoms with van der Waals surface area (Å²) in [6, 6.07) is 8.74. The largest absolute Gasteiger partial charge is 0.465 e. The van der Waals surface area contributed by atoms with Gasteiger partial charge in [0, 0.05) is 19.8 Å². The molecule has 0 aromatic heterocycles. The lowest BCUT2D eigenvalue weighted by atomic mass is 9.91. The zero-order valence-electron chi connectivity index (χ0n) is 13.3. The fourth-order valence-corrected chi connectivity index (χ4v) is 2.25. The van der Waals surface area contributed by atoms with Crippen molar-refractivity contribution in [1.29, 1.82) is 0 Å². The third-order valence-corrected chi connectivity index (χ3v) is 3.21. The first-order valence-electron chi connectivity index (χ1n) is 7.06. The van der Waals surface area contributed by atoms with Crippen LogP contribution in [0.1, 0.15) is 19.4 Å². The Hall–Kier alpha value is -1.92. The van der Waals surface area contributed by atoms with E-state index in [9.17, 15) is 9.59 Å². The Morgan fingerprint density at radius 3 is 1.77 bits per heavy atom. The van der Waals surface area contributed by atoms with Crippen LogP contribution in [0.3, 0.4) is 0 Å². The van der Waals surface area contributed by atoms with Crippen molar-refractivity contribution in [2.45, 2.75) is 19.6 Å². The minimum atomic E-state index is -1.61. The Kier molecular flexibility index (Phi) is 7.01. The van der Waals surface area contributed by atoms with Crippen molar-refractivity contribution in [3.8, 4) is 0 Å². The topological polar surface area (TPSA) is 71.1 Å². The van der Waals surface area contributed by atoms with Crippen LogP contribution in [-0.4, -0.2) is 39.4 Å². The molecular weight excluding hydrogens is 288 g/mol. The molecule has 0 N–H and O–H groups in total. The molecule has 0 saturated carbocycles. The highest BCUT2D eigenvalue weighted by Crippen LogP contribution is 2.36. The summed E-state index contributed by atoms with van der Waals surface area (Å²) in [5.41, 5.74) is 0.520. The number of hydrogen-bond acceptors (Lipinski definition) is 6. The van der Waals surface area contributed by atoms with E-state index in [4.69, 9.17) is 18.9 Å². The molecule has 6 heteroatoms. The lowest BCUT2D eigenvalue weighted by Crippen LogP contribution is -2.48. The van der Waals surface area contributed by atoms with Crippen molar-refractivity contribution in [2.24, 2.45) is 5.92 Å². The van der Waals surface area contributed by atoms with Crippen LogP contribution in [0.15, 0.2) is 30.3 Å². The molecule has 1 aromatic carbocycles. The van der Waals surface area contributed by atoms with Gasteiger partial charge in [-0.15, -0.1) is 0 Å². The first-order valence-corrected chi connectivity index (χ1v) is 7.06. The summed E-state index contributed by atoms with van der Waals surface area (Å²) in [5.74, 6) is -4.51. The number of benzene rings is 1. The summed E-state index contributed by atoms with van der Waals surface area (Å²) in [7, 11) is 2.73. The fourth-order valence-electron chi connectivity index (χ4n) is 2.25. The molecule has 6 nitrogen and oxygen atoms in total. The molecule has 0 fully saturated rings. The highest BCUT2D eigenvalue weighted by Gasteiger charge is 2.52. The van der Waals surface area contributed by atoms with Crippen molar-refractivity contribution < 1.29 is 28.5 Å². The molecule has 122 valence electrons. The Labute approximate surface area is 130 Å². The van der Waals surface area contributed by atoms with Gasteiger partial charge in [-0.3, -0.25) is 9.59 Å². The molecule has 0 amide bonds. The summed E-state index contributed by atoms with van der Waals surface area (Å²) < 4.78 is 20.9. The van der Waals surface area contributed by atoms with Crippen LogP contribution in [0.4, 0.5) is 0 Å². The minimum absolute atomic E-state index is 0.132. The Balaban J connectivity index is 3.37. The van der Waals surface area contributed by atoms with Crippen LogP contribution in [0.2, 0.25) is 0 Å². The lowest BCUT2D eigenvalue weighted by molar-refractivity contribution is -0.254. The van der Waals surface area contributed by atoms with E-state index in [0.717, 1.165) is 0 Å². The molecular formula is C16H22O6. The normalized spacial score (nSPS) is 11.3. The van der Waals surface area contributed by atoms with Gasteiger partial charge < -0.3 is 18.9 Å². The zero-order valence-corrected chi connectivity index (χ0v) is 13.3. The molecule has 0 heterocycles. The molecule has 22 heavy (non-hydrogen) atoms. The van der Waals surface area contributed by atoms with Crippen molar-refractivity contribution in [2.75, 3.05) is 27.4 Å².